The van der Waals surface area contributed by atoms with Crippen molar-refractivity contribution in [1.82, 2.24) is 24.5 Å². The summed E-state index contributed by atoms with van der Waals surface area (Å²) in [6, 6.07) is 12.6. The first-order valence-corrected chi connectivity index (χ1v) is 10.7. The van der Waals surface area contributed by atoms with E-state index >= 15 is 0 Å². The standard InChI is InChI=1S/C20H17F2N5O3S/c1-13-11-16(5-6-17(13)22)31(28,29)23-9-10-30-19-8-7-18-24-25-20(27(18)26-19)14-3-2-4-15(21)12-14/h2-8,11-12,23H,9-10H2,1H3. The molecule has 0 saturated carbocycles. The van der Waals surface area contributed by atoms with Crippen LogP contribution in [-0.2, 0) is 10.0 Å². The van der Waals surface area contributed by atoms with Crippen LogP contribution in [0.1, 0.15) is 5.56 Å². The lowest BCUT2D eigenvalue weighted by Gasteiger charge is -2.09. The molecule has 160 valence electrons. The van der Waals surface area contributed by atoms with Gasteiger partial charge in [-0.2, -0.15) is 4.52 Å². The molecule has 31 heavy (non-hydrogen) atoms. The largest absolute Gasteiger partial charge is 0.475 e. The third-order valence-electron chi connectivity index (χ3n) is 4.40. The lowest BCUT2D eigenvalue weighted by Crippen LogP contribution is -2.28. The highest BCUT2D eigenvalue weighted by molar-refractivity contribution is 7.89. The number of aryl methyl sites for hydroxylation is 1. The molecule has 1 N–H and O–H groups in total. The molecule has 0 aliphatic carbocycles. The van der Waals surface area contributed by atoms with Crippen LogP contribution < -0.4 is 9.46 Å². The molecule has 0 spiro atoms. The van der Waals surface area contributed by atoms with Crippen molar-refractivity contribution in [2.24, 2.45) is 0 Å². The smallest absolute Gasteiger partial charge is 0.240 e. The molecule has 0 amide bonds. The molecule has 0 aliphatic rings. The zero-order chi connectivity index (χ0) is 22.0. The van der Waals surface area contributed by atoms with Gasteiger partial charge in [-0.05, 0) is 48.9 Å². The van der Waals surface area contributed by atoms with Crippen LogP contribution in [0.4, 0.5) is 8.78 Å². The topological polar surface area (TPSA) is 98.5 Å². The van der Waals surface area contributed by atoms with E-state index in [0.29, 0.717) is 17.0 Å². The molecule has 2 aromatic carbocycles. The Bertz CT molecular complexity index is 1360. The Morgan fingerprint density at radius 3 is 2.68 bits per heavy atom. The normalized spacial score (nSPS) is 11.7. The summed E-state index contributed by atoms with van der Waals surface area (Å²) in [5, 5.41) is 12.3. The van der Waals surface area contributed by atoms with Crippen molar-refractivity contribution in [3.05, 3.63) is 71.8 Å². The lowest BCUT2D eigenvalue weighted by atomic mass is 10.2. The van der Waals surface area contributed by atoms with E-state index in [-0.39, 0.29) is 29.5 Å². The molecule has 0 fully saturated rings. The molecule has 11 heteroatoms. The van der Waals surface area contributed by atoms with E-state index in [1.165, 1.54) is 35.7 Å². The minimum absolute atomic E-state index is 0.00463. The van der Waals surface area contributed by atoms with E-state index in [2.05, 4.69) is 20.0 Å². The third-order valence-corrected chi connectivity index (χ3v) is 5.86. The van der Waals surface area contributed by atoms with Crippen molar-refractivity contribution in [3.63, 3.8) is 0 Å². The zero-order valence-corrected chi connectivity index (χ0v) is 17.1. The van der Waals surface area contributed by atoms with Gasteiger partial charge in [-0.3, -0.25) is 0 Å². The molecule has 0 radical (unpaired) electrons. The number of nitrogens with zero attached hydrogens (tertiary/aromatic N) is 4. The van der Waals surface area contributed by atoms with Crippen LogP contribution in [0.15, 0.2) is 59.5 Å². The first-order valence-electron chi connectivity index (χ1n) is 9.20. The van der Waals surface area contributed by atoms with Crippen LogP contribution in [0.3, 0.4) is 0 Å². The van der Waals surface area contributed by atoms with Crippen molar-refractivity contribution in [3.8, 4) is 17.3 Å². The number of hydrogen-bond donors (Lipinski definition) is 1. The van der Waals surface area contributed by atoms with E-state index in [0.717, 1.165) is 6.07 Å². The molecule has 2 aromatic heterocycles. The number of fused-ring (bicyclic) bond motifs is 1. The number of hydrogen-bond acceptors (Lipinski definition) is 6. The third kappa shape index (κ3) is 4.52. The van der Waals surface area contributed by atoms with Gasteiger partial charge in [-0.1, -0.05) is 12.1 Å². The summed E-state index contributed by atoms with van der Waals surface area (Å²) in [6.45, 7) is 1.45. The monoisotopic (exact) mass is 445 g/mol. The Hall–Kier alpha value is -3.44. The summed E-state index contributed by atoms with van der Waals surface area (Å²) in [7, 11) is -3.80. The molecule has 4 aromatic rings. The molecule has 0 unspecified atom stereocenters. The highest BCUT2D eigenvalue weighted by atomic mass is 32.2. The Balaban J connectivity index is 1.43. The van der Waals surface area contributed by atoms with Crippen molar-refractivity contribution in [1.29, 1.82) is 0 Å². The van der Waals surface area contributed by atoms with Gasteiger partial charge in [0.05, 0.1) is 4.90 Å². The molecule has 2 heterocycles. The maximum atomic E-state index is 13.5. The van der Waals surface area contributed by atoms with Crippen LogP contribution in [0.2, 0.25) is 0 Å². The predicted molar refractivity (Wildman–Crippen MR) is 108 cm³/mol. The highest BCUT2D eigenvalue weighted by Crippen LogP contribution is 2.20. The van der Waals surface area contributed by atoms with Crippen molar-refractivity contribution >= 4 is 15.7 Å². The summed E-state index contributed by atoms with van der Waals surface area (Å²) >= 11 is 0. The fourth-order valence-electron chi connectivity index (χ4n) is 2.86. The zero-order valence-electron chi connectivity index (χ0n) is 16.3. The van der Waals surface area contributed by atoms with Crippen molar-refractivity contribution < 1.29 is 21.9 Å². The van der Waals surface area contributed by atoms with Crippen LogP contribution in [-0.4, -0.2) is 41.4 Å². The minimum atomic E-state index is -3.80. The molecule has 8 nitrogen and oxygen atoms in total. The van der Waals surface area contributed by atoms with E-state index in [4.69, 9.17) is 4.74 Å². The predicted octanol–water partition coefficient (Wildman–Crippen LogP) is 2.74. The summed E-state index contributed by atoms with van der Waals surface area (Å²) < 4.78 is 60.8. The van der Waals surface area contributed by atoms with Crippen molar-refractivity contribution in [2.45, 2.75) is 11.8 Å². The fraction of sp³-hybridized carbons (Fsp3) is 0.150. The number of benzene rings is 2. The number of nitrogens with one attached hydrogen (secondary N) is 1. The van der Waals surface area contributed by atoms with Crippen LogP contribution in [0.5, 0.6) is 5.88 Å². The van der Waals surface area contributed by atoms with E-state index in [1.807, 2.05) is 0 Å². The molecule has 4 rings (SSSR count). The maximum Gasteiger partial charge on any atom is 0.240 e. The molecular weight excluding hydrogens is 428 g/mol. The van der Waals surface area contributed by atoms with Gasteiger partial charge in [0.1, 0.15) is 18.2 Å². The SMILES string of the molecule is Cc1cc(S(=O)(=O)NCCOc2ccc3nnc(-c4cccc(F)c4)n3n2)ccc1F. The van der Waals surface area contributed by atoms with Gasteiger partial charge >= 0.3 is 0 Å². The molecule has 0 aliphatic heterocycles. The highest BCUT2D eigenvalue weighted by Gasteiger charge is 2.15. The van der Waals surface area contributed by atoms with E-state index < -0.39 is 21.7 Å². The number of aromatic nitrogens is 4. The van der Waals surface area contributed by atoms with Gasteiger partial charge in [0.15, 0.2) is 11.5 Å². The van der Waals surface area contributed by atoms with Gasteiger partial charge in [-0.15, -0.1) is 15.3 Å². The van der Waals surface area contributed by atoms with Crippen LogP contribution in [0, 0.1) is 18.6 Å². The van der Waals surface area contributed by atoms with Crippen molar-refractivity contribution in [2.75, 3.05) is 13.2 Å². The molecule has 0 bridgehead atoms. The summed E-state index contributed by atoms with van der Waals surface area (Å²) in [5.41, 5.74) is 1.18. The fourth-order valence-corrected chi connectivity index (χ4v) is 3.95. The molecular formula is C20H17F2N5O3S. The van der Waals surface area contributed by atoms with Gasteiger partial charge in [0.25, 0.3) is 0 Å². The average molecular weight is 445 g/mol. The Kier molecular flexibility index (Phi) is 5.61. The van der Waals surface area contributed by atoms with Gasteiger partial charge in [0.2, 0.25) is 15.9 Å². The van der Waals surface area contributed by atoms with Gasteiger partial charge in [0, 0.05) is 18.2 Å². The summed E-state index contributed by atoms with van der Waals surface area (Å²) in [5.74, 6) is -0.338. The quantitative estimate of drug-likeness (QED) is 0.439. The second-order valence-corrected chi connectivity index (χ2v) is 8.40. The lowest BCUT2D eigenvalue weighted by molar-refractivity contribution is 0.306. The van der Waals surface area contributed by atoms with E-state index in [1.54, 1.807) is 24.3 Å². The Morgan fingerprint density at radius 2 is 1.90 bits per heavy atom. The maximum absolute atomic E-state index is 13.5. The van der Waals surface area contributed by atoms with Crippen LogP contribution >= 0.6 is 0 Å². The van der Waals surface area contributed by atoms with E-state index in [9.17, 15) is 17.2 Å². The average Bonchev–Trinajstić information content (AvgIpc) is 3.16. The summed E-state index contributed by atoms with van der Waals surface area (Å²) in [4.78, 5) is -0.0323. The number of rotatable bonds is 7. The summed E-state index contributed by atoms with van der Waals surface area (Å²) in [6.07, 6.45) is 0. The van der Waals surface area contributed by atoms with Gasteiger partial charge in [-0.25, -0.2) is 21.9 Å². The minimum Gasteiger partial charge on any atom is -0.475 e. The number of halogens is 2. The number of sulfonamides is 1. The number of ether oxygens (including phenoxy) is 1. The Labute approximate surface area is 176 Å². The molecule has 0 atom stereocenters. The molecule has 0 saturated heterocycles. The Morgan fingerprint density at radius 1 is 1.06 bits per heavy atom. The first-order chi connectivity index (χ1) is 14.8. The second-order valence-electron chi connectivity index (χ2n) is 6.63. The van der Waals surface area contributed by atoms with Crippen LogP contribution in [0.25, 0.3) is 17.0 Å². The van der Waals surface area contributed by atoms with Gasteiger partial charge < -0.3 is 4.74 Å². The first kappa shape index (κ1) is 20.8. The second kappa shape index (κ2) is 8.36.